The smallest absolute Gasteiger partial charge is 0.0546 e. The van der Waals surface area contributed by atoms with Gasteiger partial charge in [0.05, 0.1) is 5.69 Å². The molecule has 1 nitrogen and oxygen atoms in total. The third kappa shape index (κ3) is 4.73. The summed E-state index contributed by atoms with van der Waals surface area (Å²) in [6.07, 6.45) is 17.6. The molecule has 4 aromatic carbocycles. The summed E-state index contributed by atoms with van der Waals surface area (Å²) in [5.41, 5.74) is 19.4. The average molecular weight is 682 g/mol. The third-order valence-corrected chi connectivity index (χ3v) is 13.4. The highest BCUT2D eigenvalue weighted by Crippen LogP contribution is 2.71. The number of hydrogen-bond acceptors (Lipinski definition) is 1. The Balaban J connectivity index is 1.30. The van der Waals surface area contributed by atoms with Gasteiger partial charge in [-0.05, 0) is 122 Å². The molecule has 0 aromatic heterocycles. The van der Waals surface area contributed by atoms with Gasteiger partial charge in [0.2, 0.25) is 0 Å². The standard InChI is InChI=1S/C51H55N/c1-47(2,3)34-21-25-39-41(27-34)49(7,8)43-28-36(48(4,5)6)29-44(46(39)43)52(37-22-19-33(20-23-37)32-15-12-11-13-16-32)38-24-26-40-42(30-38)50(9,10)45-18-14-17-35-31-51(35,40)45/h12,14-30,35H,11,13,31H2,1-10H3. The Kier molecular flexibility index (Phi) is 6.98. The van der Waals surface area contributed by atoms with Gasteiger partial charge in [-0.3, -0.25) is 0 Å². The minimum Gasteiger partial charge on any atom is -0.310 e. The second-order valence-corrected chi connectivity index (χ2v) is 19.4. The molecule has 264 valence electrons. The zero-order valence-corrected chi connectivity index (χ0v) is 33.0. The third-order valence-electron chi connectivity index (χ3n) is 13.4. The van der Waals surface area contributed by atoms with Crippen molar-refractivity contribution in [2.45, 2.75) is 116 Å². The van der Waals surface area contributed by atoms with E-state index in [1.807, 2.05) is 0 Å². The summed E-state index contributed by atoms with van der Waals surface area (Å²) in [7, 11) is 0. The van der Waals surface area contributed by atoms with Gasteiger partial charge in [0, 0.05) is 33.2 Å². The fourth-order valence-corrected chi connectivity index (χ4v) is 10.2. The fraction of sp³-hybridized carbons (Fsp3) is 0.373. The van der Waals surface area contributed by atoms with Gasteiger partial charge in [-0.15, -0.1) is 0 Å². The monoisotopic (exact) mass is 681 g/mol. The number of allylic oxidation sites excluding steroid dienone is 8. The molecule has 1 saturated carbocycles. The van der Waals surface area contributed by atoms with Crippen molar-refractivity contribution < 1.29 is 0 Å². The van der Waals surface area contributed by atoms with Crippen LogP contribution >= 0.6 is 0 Å². The van der Waals surface area contributed by atoms with E-state index in [1.165, 1.54) is 73.6 Å². The Morgan fingerprint density at radius 1 is 0.654 bits per heavy atom. The van der Waals surface area contributed by atoms with Crippen LogP contribution in [0.2, 0.25) is 0 Å². The number of rotatable bonds is 4. The van der Waals surface area contributed by atoms with Crippen LogP contribution in [0.4, 0.5) is 17.1 Å². The van der Waals surface area contributed by atoms with E-state index in [1.54, 1.807) is 11.1 Å². The summed E-state index contributed by atoms with van der Waals surface area (Å²) in [6, 6.07) is 29.2. The van der Waals surface area contributed by atoms with Crippen molar-refractivity contribution in [2.75, 3.05) is 4.90 Å². The van der Waals surface area contributed by atoms with E-state index in [0.717, 1.165) is 12.8 Å². The molecule has 0 aliphatic heterocycles. The van der Waals surface area contributed by atoms with Crippen molar-refractivity contribution in [3.05, 3.63) is 154 Å². The number of benzene rings is 4. The zero-order chi connectivity index (χ0) is 36.6. The Morgan fingerprint density at radius 3 is 2.06 bits per heavy atom. The van der Waals surface area contributed by atoms with E-state index in [9.17, 15) is 0 Å². The maximum Gasteiger partial charge on any atom is 0.0546 e. The molecule has 1 spiro atoms. The van der Waals surface area contributed by atoms with Gasteiger partial charge in [-0.2, -0.15) is 0 Å². The molecule has 1 fully saturated rings. The van der Waals surface area contributed by atoms with Gasteiger partial charge in [0.25, 0.3) is 0 Å². The van der Waals surface area contributed by atoms with E-state index >= 15 is 0 Å². The summed E-state index contributed by atoms with van der Waals surface area (Å²) in [5, 5.41) is 0. The number of nitrogens with zero attached hydrogens (tertiary/aromatic N) is 1. The predicted octanol–water partition coefficient (Wildman–Crippen LogP) is 13.8. The van der Waals surface area contributed by atoms with Crippen molar-refractivity contribution in [3.8, 4) is 11.1 Å². The summed E-state index contributed by atoms with van der Waals surface area (Å²) in [5.74, 6) is 0.633. The van der Waals surface area contributed by atoms with Crippen LogP contribution in [0.1, 0.15) is 127 Å². The maximum absolute atomic E-state index is 2.60. The van der Waals surface area contributed by atoms with Crippen molar-refractivity contribution in [3.63, 3.8) is 0 Å². The Labute approximate surface area is 312 Å². The molecule has 0 heterocycles. The zero-order valence-electron chi connectivity index (χ0n) is 33.0. The molecule has 52 heavy (non-hydrogen) atoms. The van der Waals surface area contributed by atoms with Crippen LogP contribution in [0, 0.1) is 5.92 Å². The van der Waals surface area contributed by atoms with E-state index < -0.39 is 0 Å². The summed E-state index contributed by atoms with van der Waals surface area (Å²) >= 11 is 0. The van der Waals surface area contributed by atoms with Crippen molar-refractivity contribution in [2.24, 2.45) is 5.92 Å². The molecule has 5 aliphatic rings. The Morgan fingerprint density at radius 2 is 1.37 bits per heavy atom. The number of anilines is 3. The summed E-state index contributed by atoms with van der Waals surface area (Å²) in [6.45, 7) is 23.9. The van der Waals surface area contributed by atoms with Gasteiger partial charge in [-0.25, -0.2) is 0 Å². The summed E-state index contributed by atoms with van der Waals surface area (Å²) in [4.78, 5) is 2.60. The van der Waals surface area contributed by atoms with Gasteiger partial charge in [0.15, 0.2) is 0 Å². The van der Waals surface area contributed by atoms with Crippen LogP contribution in [0.15, 0.2) is 115 Å². The lowest BCUT2D eigenvalue weighted by Gasteiger charge is -2.33. The molecule has 1 heteroatoms. The highest BCUT2D eigenvalue weighted by atomic mass is 15.1. The largest absolute Gasteiger partial charge is 0.310 e. The molecule has 0 saturated heterocycles. The fourth-order valence-electron chi connectivity index (χ4n) is 10.2. The van der Waals surface area contributed by atoms with Crippen LogP contribution in [0.25, 0.3) is 16.7 Å². The lowest BCUT2D eigenvalue weighted by atomic mass is 9.77. The van der Waals surface area contributed by atoms with Gasteiger partial charge >= 0.3 is 0 Å². The van der Waals surface area contributed by atoms with Gasteiger partial charge < -0.3 is 4.90 Å². The first-order chi connectivity index (χ1) is 24.5. The van der Waals surface area contributed by atoms with E-state index in [4.69, 9.17) is 0 Å². The molecule has 4 aromatic rings. The lowest BCUT2D eigenvalue weighted by molar-refractivity contribution is 0.580. The highest BCUT2D eigenvalue weighted by Gasteiger charge is 2.65. The molecule has 0 radical (unpaired) electrons. The normalized spacial score (nSPS) is 22.8. The maximum atomic E-state index is 2.60. The first-order valence-corrected chi connectivity index (χ1v) is 19.7. The molecule has 0 bridgehead atoms. The molecule has 0 N–H and O–H groups in total. The summed E-state index contributed by atoms with van der Waals surface area (Å²) < 4.78 is 0. The molecule has 2 atom stereocenters. The average Bonchev–Trinajstić information content (AvgIpc) is 3.77. The molecule has 5 aliphatic carbocycles. The number of fused-ring (bicyclic) bond motifs is 4. The topological polar surface area (TPSA) is 3.24 Å². The lowest BCUT2D eigenvalue weighted by Crippen LogP contribution is -2.21. The molecule has 2 unspecified atom stereocenters. The van der Waals surface area contributed by atoms with E-state index in [-0.39, 0.29) is 27.1 Å². The second-order valence-electron chi connectivity index (χ2n) is 19.4. The minimum absolute atomic E-state index is 0.0181. The van der Waals surface area contributed by atoms with Crippen molar-refractivity contribution >= 4 is 22.6 Å². The van der Waals surface area contributed by atoms with E-state index in [2.05, 4.69) is 183 Å². The van der Waals surface area contributed by atoms with Crippen LogP contribution < -0.4 is 4.90 Å². The molecular weight excluding hydrogens is 627 g/mol. The minimum atomic E-state index is -0.132. The van der Waals surface area contributed by atoms with Crippen molar-refractivity contribution in [1.82, 2.24) is 0 Å². The van der Waals surface area contributed by atoms with Crippen LogP contribution in [-0.2, 0) is 27.1 Å². The van der Waals surface area contributed by atoms with Crippen LogP contribution in [-0.4, -0.2) is 0 Å². The molecule has 9 rings (SSSR count). The molecule has 0 amide bonds. The van der Waals surface area contributed by atoms with Crippen LogP contribution in [0.3, 0.4) is 0 Å². The Bertz CT molecular complexity index is 2280. The SMILES string of the molecule is CC(C)(C)c1ccc2c(c1)C(C)(C)c1cc(C(C)(C)C)cc(N(c3ccc(C4=CCCC=C4)cc3)c3ccc4c(c3)C(C)(C)C3=CC=CC5CC345)c1-2. The number of hydrogen-bond donors (Lipinski definition) is 0. The predicted molar refractivity (Wildman–Crippen MR) is 222 cm³/mol. The van der Waals surface area contributed by atoms with Crippen molar-refractivity contribution in [1.29, 1.82) is 0 Å². The first kappa shape index (κ1) is 33.5. The van der Waals surface area contributed by atoms with Gasteiger partial charge in [0.1, 0.15) is 0 Å². The van der Waals surface area contributed by atoms with Gasteiger partial charge in [-0.1, -0.05) is 148 Å². The first-order valence-electron chi connectivity index (χ1n) is 19.7. The van der Waals surface area contributed by atoms with E-state index in [0.29, 0.717) is 5.92 Å². The van der Waals surface area contributed by atoms with Crippen LogP contribution in [0.5, 0.6) is 0 Å². The quantitative estimate of drug-likeness (QED) is 0.207. The Hall–Kier alpha value is -4.36. The highest BCUT2D eigenvalue weighted by molar-refractivity contribution is 5.96. The molecular formula is C51H55N. The second kappa shape index (κ2) is 10.8.